The summed E-state index contributed by atoms with van der Waals surface area (Å²) in [6.07, 6.45) is 0. The Morgan fingerprint density at radius 3 is 2.33 bits per heavy atom. The summed E-state index contributed by atoms with van der Waals surface area (Å²) in [5.74, 6) is -0.601. The summed E-state index contributed by atoms with van der Waals surface area (Å²) >= 11 is 0. The van der Waals surface area contributed by atoms with E-state index in [9.17, 15) is 18.0 Å². The Balaban J connectivity index is 2.43. The molecule has 144 valence electrons. The molecule has 2 rings (SSSR count). The van der Waals surface area contributed by atoms with Crippen LogP contribution in [0.2, 0.25) is 0 Å². The fourth-order valence-electron chi connectivity index (χ4n) is 2.42. The van der Waals surface area contributed by atoms with E-state index in [0.717, 1.165) is 0 Å². The molecule has 8 nitrogen and oxygen atoms in total. The Morgan fingerprint density at radius 1 is 1.04 bits per heavy atom. The fourth-order valence-corrected chi connectivity index (χ4v) is 3.57. The third-order valence-electron chi connectivity index (χ3n) is 3.78. The molecule has 0 aliphatic carbocycles. The van der Waals surface area contributed by atoms with Gasteiger partial charge in [0.05, 0.1) is 36.1 Å². The number of sulfonamides is 1. The van der Waals surface area contributed by atoms with Gasteiger partial charge in [0, 0.05) is 6.92 Å². The topological polar surface area (TPSA) is 111 Å². The van der Waals surface area contributed by atoms with Crippen molar-refractivity contribution in [2.24, 2.45) is 0 Å². The second-order valence-corrected chi connectivity index (χ2v) is 7.30. The molecule has 2 N–H and O–H groups in total. The van der Waals surface area contributed by atoms with E-state index in [-0.39, 0.29) is 27.7 Å². The molecule has 9 heteroatoms. The lowest BCUT2D eigenvalue weighted by molar-refractivity contribution is -0.114. The van der Waals surface area contributed by atoms with Crippen molar-refractivity contribution >= 4 is 33.3 Å². The Kier molecular flexibility index (Phi) is 6.06. The van der Waals surface area contributed by atoms with Crippen LogP contribution in [0, 0.1) is 6.92 Å². The van der Waals surface area contributed by atoms with Gasteiger partial charge in [0.1, 0.15) is 5.75 Å². The van der Waals surface area contributed by atoms with E-state index in [4.69, 9.17) is 9.47 Å². The van der Waals surface area contributed by atoms with Crippen molar-refractivity contribution < 1.29 is 27.5 Å². The first-order chi connectivity index (χ1) is 12.7. The monoisotopic (exact) mass is 392 g/mol. The van der Waals surface area contributed by atoms with Gasteiger partial charge in [-0.05, 0) is 42.8 Å². The van der Waals surface area contributed by atoms with Crippen molar-refractivity contribution in [3.8, 4) is 5.75 Å². The summed E-state index contributed by atoms with van der Waals surface area (Å²) < 4.78 is 37.8. The SMILES string of the molecule is COC(=O)c1cccc(NS(=O)(=O)c2ccc(OC)c(NC(C)=O)c2)c1C. The fraction of sp³-hybridized carbons (Fsp3) is 0.222. The van der Waals surface area contributed by atoms with E-state index >= 15 is 0 Å². The summed E-state index contributed by atoms with van der Waals surface area (Å²) in [5.41, 5.74) is 1.16. The molecule has 0 aromatic heterocycles. The summed E-state index contributed by atoms with van der Waals surface area (Å²) in [4.78, 5) is 23.0. The van der Waals surface area contributed by atoms with Crippen LogP contribution in [0.15, 0.2) is 41.3 Å². The van der Waals surface area contributed by atoms with Gasteiger partial charge in [0.25, 0.3) is 10.0 Å². The van der Waals surface area contributed by atoms with Gasteiger partial charge in [0.2, 0.25) is 5.91 Å². The number of benzene rings is 2. The molecule has 0 bridgehead atoms. The number of methoxy groups -OCH3 is 2. The van der Waals surface area contributed by atoms with Crippen LogP contribution in [0.5, 0.6) is 5.75 Å². The first kappa shape index (κ1) is 20.2. The summed E-state index contributed by atoms with van der Waals surface area (Å²) in [5, 5.41) is 2.53. The normalized spacial score (nSPS) is 10.8. The van der Waals surface area contributed by atoms with E-state index in [1.165, 1.54) is 45.4 Å². The van der Waals surface area contributed by atoms with Crippen LogP contribution in [0.3, 0.4) is 0 Å². The van der Waals surface area contributed by atoms with Crippen molar-refractivity contribution in [2.45, 2.75) is 18.7 Å². The van der Waals surface area contributed by atoms with Crippen molar-refractivity contribution in [3.63, 3.8) is 0 Å². The second kappa shape index (κ2) is 8.09. The van der Waals surface area contributed by atoms with Gasteiger partial charge < -0.3 is 14.8 Å². The third-order valence-corrected chi connectivity index (χ3v) is 5.14. The molecule has 0 saturated heterocycles. The van der Waals surface area contributed by atoms with Gasteiger partial charge in [0.15, 0.2) is 0 Å². The maximum absolute atomic E-state index is 12.8. The third kappa shape index (κ3) is 4.56. The van der Waals surface area contributed by atoms with Crippen LogP contribution in [0.1, 0.15) is 22.8 Å². The molecule has 0 spiro atoms. The molecule has 27 heavy (non-hydrogen) atoms. The number of carbonyl (C=O) groups is 2. The lowest BCUT2D eigenvalue weighted by Gasteiger charge is -2.15. The van der Waals surface area contributed by atoms with E-state index in [2.05, 4.69) is 10.0 Å². The molecule has 0 fully saturated rings. The number of carbonyl (C=O) groups excluding carboxylic acids is 2. The zero-order chi connectivity index (χ0) is 20.2. The minimum absolute atomic E-state index is 0.0741. The largest absolute Gasteiger partial charge is 0.495 e. The highest BCUT2D eigenvalue weighted by Gasteiger charge is 2.20. The van der Waals surface area contributed by atoms with Gasteiger partial charge in [-0.25, -0.2) is 13.2 Å². The van der Waals surface area contributed by atoms with Gasteiger partial charge in [-0.2, -0.15) is 0 Å². The zero-order valence-corrected chi connectivity index (χ0v) is 16.1. The Labute approximate surface area is 157 Å². The summed E-state index contributed by atoms with van der Waals surface area (Å²) in [7, 11) is -1.32. The zero-order valence-electron chi connectivity index (χ0n) is 15.3. The summed E-state index contributed by atoms with van der Waals surface area (Å²) in [6, 6.07) is 8.72. The first-order valence-corrected chi connectivity index (χ1v) is 9.34. The predicted octanol–water partition coefficient (Wildman–Crippen LogP) is 2.55. The minimum Gasteiger partial charge on any atom is -0.495 e. The standard InChI is InChI=1S/C18H20N2O6S/c1-11-14(18(22)26-4)6-5-7-15(11)20-27(23,24)13-8-9-17(25-3)16(10-13)19-12(2)21/h5-10,20H,1-4H3,(H,19,21). The Bertz CT molecular complexity index is 985. The smallest absolute Gasteiger partial charge is 0.338 e. The molecule has 2 aromatic rings. The number of esters is 1. The molecular weight excluding hydrogens is 372 g/mol. The highest BCUT2D eigenvalue weighted by Crippen LogP contribution is 2.29. The van der Waals surface area contributed by atoms with Gasteiger partial charge >= 0.3 is 5.97 Å². The molecule has 0 atom stereocenters. The van der Waals surface area contributed by atoms with Crippen molar-refractivity contribution in [3.05, 3.63) is 47.5 Å². The number of rotatable bonds is 6. The van der Waals surface area contributed by atoms with Crippen LogP contribution >= 0.6 is 0 Å². The number of ether oxygens (including phenoxy) is 2. The molecule has 0 saturated carbocycles. The van der Waals surface area contributed by atoms with Gasteiger partial charge in [-0.1, -0.05) is 6.07 Å². The maximum Gasteiger partial charge on any atom is 0.338 e. The van der Waals surface area contributed by atoms with Crippen LogP contribution in [-0.4, -0.2) is 34.5 Å². The lowest BCUT2D eigenvalue weighted by atomic mass is 10.1. The molecular formula is C18H20N2O6S. The molecule has 0 radical (unpaired) electrons. The Morgan fingerprint density at radius 2 is 1.74 bits per heavy atom. The average molecular weight is 392 g/mol. The van der Waals surface area contributed by atoms with E-state index in [0.29, 0.717) is 11.3 Å². The molecule has 0 unspecified atom stereocenters. The van der Waals surface area contributed by atoms with E-state index < -0.39 is 16.0 Å². The van der Waals surface area contributed by atoms with Crippen molar-refractivity contribution in [1.82, 2.24) is 0 Å². The molecule has 2 aromatic carbocycles. The quantitative estimate of drug-likeness (QED) is 0.731. The van der Waals surface area contributed by atoms with Crippen LogP contribution in [0.4, 0.5) is 11.4 Å². The number of nitrogens with one attached hydrogen (secondary N) is 2. The number of hydrogen-bond acceptors (Lipinski definition) is 6. The lowest BCUT2D eigenvalue weighted by Crippen LogP contribution is -2.16. The number of hydrogen-bond donors (Lipinski definition) is 2. The second-order valence-electron chi connectivity index (χ2n) is 5.62. The van der Waals surface area contributed by atoms with Crippen LogP contribution in [0.25, 0.3) is 0 Å². The number of anilines is 2. The molecule has 0 aliphatic rings. The Hall–Kier alpha value is -3.07. The molecule has 1 amide bonds. The van der Waals surface area contributed by atoms with Crippen molar-refractivity contribution in [2.75, 3.05) is 24.3 Å². The van der Waals surface area contributed by atoms with Gasteiger partial charge in [-0.3, -0.25) is 9.52 Å². The van der Waals surface area contributed by atoms with Crippen molar-refractivity contribution in [1.29, 1.82) is 0 Å². The molecule has 0 aliphatic heterocycles. The van der Waals surface area contributed by atoms with Crippen LogP contribution in [-0.2, 0) is 19.6 Å². The van der Waals surface area contributed by atoms with E-state index in [1.54, 1.807) is 19.1 Å². The van der Waals surface area contributed by atoms with E-state index in [1.807, 2.05) is 0 Å². The highest BCUT2D eigenvalue weighted by molar-refractivity contribution is 7.92. The maximum atomic E-state index is 12.8. The minimum atomic E-state index is -3.98. The van der Waals surface area contributed by atoms with Crippen LogP contribution < -0.4 is 14.8 Å². The molecule has 0 heterocycles. The summed E-state index contributed by atoms with van der Waals surface area (Å²) in [6.45, 7) is 2.92. The first-order valence-electron chi connectivity index (χ1n) is 7.86. The number of amides is 1. The average Bonchev–Trinajstić information content (AvgIpc) is 2.62. The predicted molar refractivity (Wildman–Crippen MR) is 101 cm³/mol. The highest BCUT2D eigenvalue weighted by atomic mass is 32.2. The van der Waals surface area contributed by atoms with Gasteiger partial charge in [-0.15, -0.1) is 0 Å².